The average Bonchev–Trinajstić information content (AvgIpc) is 2.97. The summed E-state index contributed by atoms with van der Waals surface area (Å²) in [5.74, 6) is -0.101. The zero-order valence-electron chi connectivity index (χ0n) is 13.6. The van der Waals surface area contributed by atoms with Gasteiger partial charge in [-0.2, -0.15) is 0 Å². The van der Waals surface area contributed by atoms with Gasteiger partial charge in [-0.05, 0) is 43.7 Å². The minimum atomic E-state index is -0.332. The highest BCUT2D eigenvalue weighted by Crippen LogP contribution is 2.27. The van der Waals surface area contributed by atoms with Gasteiger partial charge in [0.1, 0.15) is 0 Å². The van der Waals surface area contributed by atoms with Crippen LogP contribution in [-0.2, 0) is 4.79 Å². The number of halogens is 2. The lowest BCUT2D eigenvalue weighted by Gasteiger charge is -2.18. The molecule has 5 nitrogen and oxygen atoms in total. The van der Waals surface area contributed by atoms with Crippen LogP contribution in [0.1, 0.15) is 25.5 Å². The van der Waals surface area contributed by atoms with Gasteiger partial charge in [-0.3, -0.25) is 9.20 Å². The Hall–Kier alpha value is -1.76. The Bertz CT molecular complexity index is 915. The molecule has 0 saturated carbocycles. The molecule has 0 aliphatic heterocycles. The largest absolute Gasteiger partial charge is 0.349 e. The van der Waals surface area contributed by atoms with Gasteiger partial charge in [-0.1, -0.05) is 47.1 Å². The maximum Gasteiger partial charge on any atom is 0.233 e. The van der Waals surface area contributed by atoms with Crippen LogP contribution in [0.3, 0.4) is 0 Å². The van der Waals surface area contributed by atoms with Crippen LogP contribution in [0.2, 0.25) is 10.0 Å². The number of rotatable bonds is 5. The van der Waals surface area contributed by atoms with E-state index in [-0.39, 0.29) is 17.2 Å². The summed E-state index contributed by atoms with van der Waals surface area (Å²) < 4.78 is 1.86. The fourth-order valence-electron chi connectivity index (χ4n) is 2.37. The number of benzene rings is 1. The molecular weight excluding hydrogens is 379 g/mol. The number of thioether (sulfide) groups is 1. The lowest BCUT2D eigenvalue weighted by molar-refractivity contribution is -0.120. The molecule has 0 radical (unpaired) electrons. The van der Waals surface area contributed by atoms with Crippen LogP contribution in [0.5, 0.6) is 0 Å². The SMILES string of the molecule is C[C@@H](Sc1nnc2ccccn12)C(=O)N[C@H](C)c1ccc(Cl)cc1Cl. The van der Waals surface area contributed by atoms with Crippen molar-refractivity contribution in [3.63, 3.8) is 0 Å². The Balaban J connectivity index is 1.68. The van der Waals surface area contributed by atoms with Crippen LogP contribution in [0.25, 0.3) is 5.65 Å². The number of fused-ring (bicyclic) bond motifs is 1. The summed E-state index contributed by atoms with van der Waals surface area (Å²) in [5, 5.41) is 12.6. The highest BCUT2D eigenvalue weighted by molar-refractivity contribution is 8.00. The summed E-state index contributed by atoms with van der Waals surface area (Å²) in [5.41, 5.74) is 1.57. The Morgan fingerprint density at radius 2 is 2.00 bits per heavy atom. The molecule has 3 rings (SSSR count). The second-order valence-electron chi connectivity index (χ2n) is 5.57. The Kier molecular flexibility index (Phi) is 5.51. The van der Waals surface area contributed by atoms with E-state index >= 15 is 0 Å². The second kappa shape index (κ2) is 7.64. The number of nitrogens with zero attached hydrogens (tertiary/aromatic N) is 3. The van der Waals surface area contributed by atoms with E-state index in [1.54, 1.807) is 12.1 Å². The minimum Gasteiger partial charge on any atom is -0.349 e. The average molecular weight is 395 g/mol. The molecule has 1 aromatic carbocycles. The molecule has 2 atom stereocenters. The smallest absolute Gasteiger partial charge is 0.233 e. The Morgan fingerprint density at radius 1 is 1.20 bits per heavy atom. The summed E-state index contributed by atoms with van der Waals surface area (Å²) in [7, 11) is 0. The summed E-state index contributed by atoms with van der Waals surface area (Å²) in [6, 6.07) is 10.7. The summed E-state index contributed by atoms with van der Waals surface area (Å²) in [6.45, 7) is 3.72. The Morgan fingerprint density at radius 3 is 2.76 bits per heavy atom. The molecule has 2 aromatic heterocycles. The van der Waals surface area contributed by atoms with Gasteiger partial charge in [-0.25, -0.2) is 0 Å². The van der Waals surface area contributed by atoms with E-state index in [4.69, 9.17) is 23.2 Å². The normalized spacial score (nSPS) is 13.6. The van der Waals surface area contributed by atoms with Crippen molar-refractivity contribution in [2.75, 3.05) is 0 Å². The van der Waals surface area contributed by atoms with Crippen LogP contribution in [0.15, 0.2) is 47.8 Å². The first-order valence-electron chi connectivity index (χ1n) is 7.67. The standard InChI is InChI=1S/C17H16Cl2N4OS/c1-10(13-7-6-12(18)9-14(13)19)20-16(24)11(2)25-17-22-21-15-5-3-4-8-23(15)17/h3-11H,1-2H3,(H,20,24)/t10-,11-/m1/s1. The molecule has 0 spiro atoms. The van der Waals surface area contributed by atoms with Gasteiger partial charge in [0, 0.05) is 16.2 Å². The van der Waals surface area contributed by atoms with E-state index in [0.717, 1.165) is 11.2 Å². The fraction of sp³-hybridized carbons (Fsp3) is 0.235. The molecule has 130 valence electrons. The number of carbonyl (C=O) groups excluding carboxylic acids is 1. The molecule has 0 saturated heterocycles. The Labute approximate surface area is 159 Å². The number of hydrogen-bond acceptors (Lipinski definition) is 4. The van der Waals surface area contributed by atoms with Gasteiger partial charge in [0.25, 0.3) is 0 Å². The number of hydrogen-bond donors (Lipinski definition) is 1. The maximum absolute atomic E-state index is 12.5. The first-order valence-corrected chi connectivity index (χ1v) is 9.31. The molecule has 0 fully saturated rings. The van der Waals surface area contributed by atoms with E-state index in [1.165, 1.54) is 11.8 Å². The van der Waals surface area contributed by atoms with Crippen molar-refractivity contribution >= 4 is 46.5 Å². The first-order chi connectivity index (χ1) is 12.0. The molecule has 0 aliphatic carbocycles. The third-order valence-corrected chi connectivity index (χ3v) is 5.34. The first kappa shape index (κ1) is 18.0. The molecule has 0 aliphatic rings. The van der Waals surface area contributed by atoms with E-state index in [2.05, 4.69) is 15.5 Å². The van der Waals surface area contributed by atoms with Gasteiger partial charge < -0.3 is 5.32 Å². The van der Waals surface area contributed by atoms with Crippen LogP contribution in [0.4, 0.5) is 0 Å². The summed E-state index contributed by atoms with van der Waals surface area (Å²) in [4.78, 5) is 12.5. The lowest BCUT2D eigenvalue weighted by atomic mass is 10.1. The molecule has 0 bridgehead atoms. The van der Waals surface area contributed by atoms with Gasteiger partial charge in [0.05, 0.1) is 11.3 Å². The van der Waals surface area contributed by atoms with Crippen molar-refractivity contribution < 1.29 is 4.79 Å². The molecule has 8 heteroatoms. The van der Waals surface area contributed by atoms with Gasteiger partial charge in [0.15, 0.2) is 10.8 Å². The molecule has 25 heavy (non-hydrogen) atoms. The number of nitrogens with one attached hydrogen (secondary N) is 1. The molecule has 2 heterocycles. The number of aromatic nitrogens is 3. The molecular formula is C17H16Cl2N4OS. The van der Waals surface area contributed by atoms with Crippen molar-refractivity contribution in [2.45, 2.75) is 30.3 Å². The van der Waals surface area contributed by atoms with Crippen molar-refractivity contribution in [1.82, 2.24) is 19.9 Å². The van der Waals surface area contributed by atoms with Crippen molar-refractivity contribution in [2.24, 2.45) is 0 Å². The van der Waals surface area contributed by atoms with Crippen molar-refractivity contribution in [3.8, 4) is 0 Å². The van der Waals surface area contributed by atoms with E-state index in [0.29, 0.717) is 15.2 Å². The van der Waals surface area contributed by atoms with E-state index < -0.39 is 0 Å². The predicted molar refractivity (Wildman–Crippen MR) is 101 cm³/mol. The van der Waals surface area contributed by atoms with Crippen LogP contribution in [0, 0.1) is 0 Å². The molecule has 3 aromatic rings. The number of carbonyl (C=O) groups is 1. The van der Waals surface area contributed by atoms with Crippen LogP contribution in [-0.4, -0.2) is 25.8 Å². The molecule has 1 N–H and O–H groups in total. The molecule has 0 unspecified atom stereocenters. The van der Waals surface area contributed by atoms with Crippen molar-refractivity contribution in [3.05, 3.63) is 58.2 Å². The lowest BCUT2D eigenvalue weighted by Crippen LogP contribution is -2.33. The van der Waals surface area contributed by atoms with Gasteiger partial charge in [-0.15, -0.1) is 10.2 Å². The summed E-state index contributed by atoms with van der Waals surface area (Å²) in [6.07, 6.45) is 1.87. The van der Waals surface area contributed by atoms with Gasteiger partial charge in [0.2, 0.25) is 5.91 Å². The zero-order valence-corrected chi connectivity index (χ0v) is 15.9. The maximum atomic E-state index is 12.5. The van der Waals surface area contributed by atoms with Crippen LogP contribution >= 0.6 is 35.0 Å². The second-order valence-corrected chi connectivity index (χ2v) is 7.72. The highest BCUT2D eigenvalue weighted by Gasteiger charge is 2.20. The quantitative estimate of drug-likeness (QED) is 0.651. The van der Waals surface area contributed by atoms with Crippen LogP contribution < -0.4 is 5.32 Å². The fourth-order valence-corrected chi connectivity index (χ4v) is 3.79. The number of pyridine rings is 1. The van der Waals surface area contributed by atoms with E-state index in [9.17, 15) is 4.79 Å². The monoisotopic (exact) mass is 394 g/mol. The van der Waals surface area contributed by atoms with Gasteiger partial charge >= 0.3 is 0 Å². The van der Waals surface area contributed by atoms with Crippen molar-refractivity contribution in [1.29, 1.82) is 0 Å². The van der Waals surface area contributed by atoms with E-state index in [1.807, 2.05) is 48.7 Å². The minimum absolute atomic E-state index is 0.101. The summed E-state index contributed by atoms with van der Waals surface area (Å²) >= 11 is 13.5. The third kappa shape index (κ3) is 4.08. The predicted octanol–water partition coefficient (Wildman–Crippen LogP) is 4.39. The molecule has 1 amide bonds. The topological polar surface area (TPSA) is 59.3 Å². The highest BCUT2D eigenvalue weighted by atomic mass is 35.5. The zero-order chi connectivity index (χ0) is 18.0. The third-order valence-electron chi connectivity index (χ3n) is 3.72. The number of amides is 1.